The minimum atomic E-state index is 0.299. The Labute approximate surface area is 134 Å². The number of halogens is 2. The lowest BCUT2D eigenvalue weighted by Crippen LogP contribution is -2.24. The minimum Gasteiger partial charge on any atom is -0.303 e. The Morgan fingerprint density at radius 1 is 1.10 bits per heavy atom. The zero-order valence-electron chi connectivity index (χ0n) is 11.7. The van der Waals surface area contributed by atoms with Crippen molar-refractivity contribution in [2.24, 2.45) is 0 Å². The van der Waals surface area contributed by atoms with Crippen LogP contribution in [0.5, 0.6) is 0 Å². The van der Waals surface area contributed by atoms with Gasteiger partial charge in [-0.1, -0.05) is 58.7 Å². The molecule has 2 aromatic rings. The SMILES string of the molecule is CCC(N[C@H](C)c1cccc(Br)c1)c1ccc(Cl)cc1. The van der Waals surface area contributed by atoms with Crippen molar-refractivity contribution in [3.63, 3.8) is 0 Å². The van der Waals surface area contributed by atoms with Crippen molar-refractivity contribution in [1.82, 2.24) is 5.32 Å². The lowest BCUT2D eigenvalue weighted by atomic mass is 10.0. The number of rotatable bonds is 5. The summed E-state index contributed by atoms with van der Waals surface area (Å²) in [4.78, 5) is 0. The van der Waals surface area contributed by atoms with Gasteiger partial charge in [0.1, 0.15) is 0 Å². The molecule has 0 amide bonds. The normalized spacial score (nSPS) is 14.0. The second kappa shape index (κ2) is 7.26. The van der Waals surface area contributed by atoms with Crippen LogP contribution in [0.2, 0.25) is 5.02 Å². The third kappa shape index (κ3) is 4.08. The fraction of sp³-hybridized carbons (Fsp3) is 0.294. The fourth-order valence-corrected chi connectivity index (χ4v) is 2.86. The molecule has 0 heterocycles. The number of benzene rings is 2. The predicted molar refractivity (Wildman–Crippen MR) is 90.2 cm³/mol. The lowest BCUT2D eigenvalue weighted by molar-refractivity contribution is 0.456. The fourth-order valence-electron chi connectivity index (χ4n) is 2.32. The van der Waals surface area contributed by atoms with Crippen molar-refractivity contribution >= 4 is 27.5 Å². The Hall–Kier alpha value is -0.830. The quantitative estimate of drug-likeness (QED) is 0.706. The minimum absolute atomic E-state index is 0.299. The van der Waals surface area contributed by atoms with E-state index in [0.29, 0.717) is 12.1 Å². The topological polar surface area (TPSA) is 12.0 Å². The largest absolute Gasteiger partial charge is 0.303 e. The molecule has 0 aliphatic heterocycles. The van der Waals surface area contributed by atoms with Gasteiger partial charge in [0.15, 0.2) is 0 Å². The molecule has 2 aromatic carbocycles. The highest BCUT2D eigenvalue weighted by Crippen LogP contribution is 2.24. The molecule has 106 valence electrons. The summed E-state index contributed by atoms with van der Waals surface area (Å²) < 4.78 is 1.11. The summed E-state index contributed by atoms with van der Waals surface area (Å²) in [5, 5.41) is 4.46. The van der Waals surface area contributed by atoms with Crippen LogP contribution in [0.15, 0.2) is 53.0 Å². The van der Waals surface area contributed by atoms with Gasteiger partial charge in [-0.3, -0.25) is 0 Å². The Morgan fingerprint density at radius 3 is 2.40 bits per heavy atom. The van der Waals surface area contributed by atoms with Crippen LogP contribution in [0, 0.1) is 0 Å². The molecule has 0 bridgehead atoms. The van der Waals surface area contributed by atoms with Gasteiger partial charge in [-0.05, 0) is 48.7 Å². The molecule has 0 saturated carbocycles. The standard InChI is InChI=1S/C17H19BrClN/c1-3-17(13-7-9-16(19)10-8-13)20-12(2)14-5-4-6-15(18)11-14/h4-12,17,20H,3H2,1-2H3/t12-,17?/m1/s1. The van der Waals surface area contributed by atoms with Gasteiger partial charge >= 0.3 is 0 Å². The first-order chi connectivity index (χ1) is 9.60. The summed E-state index contributed by atoms with van der Waals surface area (Å²) in [5.41, 5.74) is 2.56. The van der Waals surface area contributed by atoms with E-state index in [1.54, 1.807) is 0 Å². The van der Waals surface area contributed by atoms with Crippen molar-refractivity contribution < 1.29 is 0 Å². The summed E-state index contributed by atoms with van der Waals surface area (Å²) in [6, 6.07) is 17.1. The van der Waals surface area contributed by atoms with Crippen LogP contribution in [0.1, 0.15) is 43.5 Å². The molecule has 0 aliphatic rings. The summed E-state index contributed by atoms with van der Waals surface area (Å²) in [6.07, 6.45) is 1.04. The smallest absolute Gasteiger partial charge is 0.0406 e. The molecule has 3 heteroatoms. The highest BCUT2D eigenvalue weighted by molar-refractivity contribution is 9.10. The maximum absolute atomic E-state index is 5.95. The van der Waals surface area contributed by atoms with Crippen molar-refractivity contribution in [3.8, 4) is 0 Å². The summed E-state index contributed by atoms with van der Waals surface area (Å²) in [5.74, 6) is 0. The number of hydrogen-bond donors (Lipinski definition) is 1. The molecule has 1 nitrogen and oxygen atoms in total. The third-order valence-electron chi connectivity index (χ3n) is 3.48. The van der Waals surface area contributed by atoms with Gasteiger partial charge in [-0.15, -0.1) is 0 Å². The Kier molecular flexibility index (Phi) is 5.64. The lowest BCUT2D eigenvalue weighted by Gasteiger charge is -2.23. The van der Waals surface area contributed by atoms with Crippen LogP contribution in [0.3, 0.4) is 0 Å². The van der Waals surface area contributed by atoms with E-state index in [0.717, 1.165) is 15.9 Å². The molecule has 0 aliphatic carbocycles. The molecule has 1 unspecified atom stereocenters. The molecule has 2 atom stereocenters. The molecule has 0 radical (unpaired) electrons. The van der Waals surface area contributed by atoms with E-state index >= 15 is 0 Å². The summed E-state index contributed by atoms with van der Waals surface area (Å²) >= 11 is 9.48. The van der Waals surface area contributed by atoms with Crippen LogP contribution < -0.4 is 5.32 Å². The Balaban J connectivity index is 2.11. The molecular formula is C17H19BrClN. The van der Waals surface area contributed by atoms with Crippen LogP contribution in [-0.2, 0) is 0 Å². The predicted octanol–water partition coefficient (Wildman–Crippen LogP) is 5.90. The zero-order chi connectivity index (χ0) is 14.5. The van der Waals surface area contributed by atoms with Crippen molar-refractivity contribution in [1.29, 1.82) is 0 Å². The van der Waals surface area contributed by atoms with Gasteiger partial charge < -0.3 is 5.32 Å². The third-order valence-corrected chi connectivity index (χ3v) is 4.23. The second-order valence-electron chi connectivity index (χ2n) is 4.96. The average molecular weight is 353 g/mol. The summed E-state index contributed by atoms with van der Waals surface area (Å²) in [6.45, 7) is 4.39. The van der Waals surface area contributed by atoms with E-state index in [1.807, 2.05) is 18.2 Å². The maximum Gasteiger partial charge on any atom is 0.0406 e. The first kappa shape index (κ1) is 15.6. The van der Waals surface area contributed by atoms with Crippen molar-refractivity contribution in [2.45, 2.75) is 32.4 Å². The van der Waals surface area contributed by atoms with Gasteiger partial charge in [0, 0.05) is 21.6 Å². The molecule has 0 fully saturated rings. The molecular weight excluding hydrogens is 334 g/mol. The van der Waals surface area contributed by atoms with Crippen molar-refractivity contribution in [2.75, 3.05) is 0 Å². The Bertz CT molecular complexity index is 553. The van der Waals surface area contributed by atoms with E-state index < -0.39 is 0 Å². The number of nitrogens with one attached hydrogen (secondary N) is 1. The van der Waals surface area contributed by atoms with Gasteiger partial charge in [0.05, 0.1) is 0 Å². The summed E-state index contributed by atoms with van der Waals surface area (Å²) in [7, 11) is 0. The van der Waals surface area contributed by atoms with E-state index in [1.165, 1.54) is 11.1 Å². The van der Waals surface area contributed by atoms with Gasteiger partial charge in [0.25, 0.3) is 0 Å². The molecule has 0 saturated heterocycles. The molecule has 0 spiro atoms. The number of hydrogen-bond acceptors (Lipinski definition) is 1. The maximum atomic E-state index is 5.95. The average Bonchev–Trinajstić information content (AvgIpc) is 2.45. The molecule has 20 heavy (non-hydrogen) atoms. The van der Waals surface area contributed by atoms with Crippen LogP contribution in [0.4, 0.5) is 0 Å². The van der Waals surface area contributed by atoms with E-state index in [4.69, 9.17) is 11.6 Å². The van der Waals surface area contributed by atoms with Crippen molar-refractivity contribution in [3.05, 3.63) is 69.2 Å². The molecule has 1 N–H and O–H groups in total. The Morgan fingerprint density at radius 2 is 1.80 bits per heavy atom. The highest BCUT2D eigenvalue weighted by atomic mass is 79.9. The highest BCUT2D eigenvalue weighted by Gasteiger charge is 2.13. The van der Waals surface area contributed by atoms with E-state index in [2.05, 4.69) is 65.4 Å². The van der Waals surface area contributed by atoms with Crippen LogP contribution in [0.25, 0.3) is 0 Å². The zero-order valence-corrected chi connectivity index (χ0v) is 14.1. The molecule has 2 rings (SSSR count). The van der Waals surface area contributed by atoms with Gasteiger partial charge in [0.2, 0.25) is 0 Å². The van der Waals surface area contributed by atoms with Gasteiger partial charge in [-0.2, -0.15) is 0 Å². The first-order valence-corrected chi connectivity index (χ1v) is 8.04. The van der Waals surface area contributed by atoms with Crippen LogP contribution >= 0.6 is 27.5 Å². The monoisotopic (exact) mass is 351 g/mol. The van der Waals surface area contributed by atoms with Gasteiger partial charge in [-0.25, -0.2) is 0 Å². The van der Waals surface area contributed by atoms with E-state index in [9.17, 15) is 0 Å². The van der Waals surface area contributed by atoms with Crippen LogP contribution in [-0.4, -0.2) is 0 Å². The first-order valence-electron chi connectivity index (χ1n) is 6.87. The van der Waals surface area contributed by atoms with E-state index in [-0.39, 0.29) is 0 Å². The molecule has 0 aromatic heterocycles. The second-order valence-corrected chi connectivity index (χ2v) is 6.31.